The minimum absolute atomic E-state index is 0.239. The van der Waals surface area contributed by atoms with Gasteiger partial charge < -0.3 is 19.7 Å². The Morgan fingerprint density at radius 2 is 1.83 bits per heavy atom. The lowest BCUT2D eigenvalue weighted by molar-refractivity contribution is -0.297. The minimum atomic E-state index is -2.25. The molecule has 0 aromatic heterocycles. The second-order valence-corrected chi connectivity index (χ2v) is 3.95. The molecule has 0 aliphatic heterocycles. The Morgan fingerprint density at radius 3 is 2.39 bits per heavy atom. The molecule has 3 unspecified atom stereocenters. The van der Waals surface area contributed by atoms with Gasteiger partial charge in [0.1, 0.15) is 6.10 Å². The lowest BCUT2D eigenvalue weighted by Gasteiger charge is -2.40. The number of aliphatic hydroxyl groups excluding tert-OH is 1. The number of carbonyl (C=O) groups is 2. The van der Waals surface area contributed by atoms with E-state index >= 15 is 0 Å². The predicted octanol–water partition coefficient (Wildman–Crippen LogP) is 0.0468. The maximum absolute atomic E-state index is 11.2. The molecule has 100 valence electrons. The molecule has 0 radical (unpaired) electrons. The summed E-state index contributed by atoms with van der Waals surface area (Å²) in [5.41, 5.74) is 0. The Labute approximate surface area is 105 Å². The largest absolute Gasteiger partial charge is 0.452 e. The van der Waals surface area contributed by atoms with Crippen molar-refractivity contribution >= 4 is 11.9 Å². The second-order valence-electron chi connectivity index (χ2n) is 3.95. The van der Waals surface area contributed by atoms with Crippen molar-refractivity contribution in [2.45, 2.75) is 37.3 Å². The van der Waals surface area contributed by atoms with E-state index in [0.29, 0.717) is 6.42 Å². The summed E-state index contributed by atoms with van der Waals surface area (Å²) in [6, 6.07) is 0. The third kappa shape index (κ3) is 2.96. The molecule has 0 heterocycles. The molecule has 0 spiro atoms. The molecule has 0 bridgehead atoms. The Balaban J connectivity index is 2.89. The summed E-state index contributed by atoms with van der Waals surface area (Å²) in [6.45, 7) is 6.42. The van der Waals surface area contributed by atoms with Crippen molar-refractivity contribution in [1.29, 1.82) is 0 Å². The molecule has 0 aromatic carbocycles. The Morgan fingerprint density at radius 1 is 1.22 bits per heavy atom. The number of aliphatic hydroxyl groups is 2. The van der Waals surface area contributed by atoms with Gasteiger partial charge in [-0.25, -0.2) is 9.59 Å². The molecule has 0 aromatic rings. The van der Waals surface area contributed by atoms with Gasteiger partial charge in [0.25, 0.3) is 5.79 Å². The van der Waals surface area contributed by atoms with Gasteiger partial charge in [-0.05, 0) is 19.3 Å². The summed E-state index contributed by atoms with van der Waals surface area (Å²) in [4.78, 5) is 22.3. The van der Waals surface area contributed by atoms with Gasteiger partial charge in [0.2, 0.25) is 0 Å². The van der Waals surface area contributed by atoms with E-state index in [1.807, 2.05) is 0 Å². The van der Waals surface area contributed by atoms with Crippen LogP contribution in [0.15, 0.2) is 25.3 Å². The van der Waals surface area contributed by atoms with Crippen molar-refractivity contribution in [3.63, 3.8) is 0 Å². The Kier molecular flexibility index (Phi) is 4.63. The van der Waals surface area contributed by atoms with Gasteiger partial charge in [0.05, 0.1) is 0 Å². The summed E-state index contributed by atoms with van der Waals surface area (Å²) in [7, 11) is 0. The van der Waals surface area contributed by atoms with E-state index < -0.39 is 29.9 Å². The summed E-state index contributed by atoms with van der Waals surface area (Å²) in [6.07, 6.45) is 0.376. The number of carbonyl (C=O) groups excluding carboxylic acids is 2. The van der Waals surface area contributed by atoms with Gasteiger partial charge in [-0.1, -0.05) is 13.2 Å². The normalized spacial score (nSPS) is 31.2. The maximum atomic E-state index is 11.2. The number of hydrogen-bond acceptors (Lipinski definition) is 6. The second kappa shape index (κ2) is 5.79. The zero-order valence-electron chi connectivity index (χ0n) is 9.87. The number of esters is 2. The van der Waals surface area contributed by atoms with Crippen molar-refractivity contribution in [3.05, 3.63) is 25.3 Å². The average molecular weight is 256 g/mol. The third-order valence-corrected chi connectivity index (χ3v) is 2.74. The first kappa shape index (κ1) is 14.4. The molecule has 3 atom stereocenters. The molecule has 1 aliphatic carbocycles. The van der Waals surface area contributed by atoms with Crippen LogP contribution in [0.4, 0.5) is 0 Å². The summed E-state index contributed by atoms with van der Waals surface area (Å²) >= 11 is 0. The van der Waals surface area contributed by atoms with E-state index in [2.05, 4.69) is 13.2 Å². The van der Waals surface area contributed by atoms with Gasteiger partial charge in [-0.2, -0.15) is 0 Å². The van der Waals surface area contributed by atoms with Crippen LogP contribution in [0.3, 0.4) is 0 Å². The van der Waals surface area contributed by atoms with Crippen molar-refractivity contribution in [1.82, 2.24) is 0 Å². The molecule has 0 amide bonds. The first-order valence-corrected chi connectivity index (χ1v) is 5.53. The highest BCUT2D eigenvalue weighted by Crippen LogP contribution is 2.32. The first-order valence-electron chi connectivity index (χ1n) is 5.53. The molecule has 18 heavy (non-hydrogen) atoms. The minimum Gasteiger partial charge on any atom is -0.452 e. The van der Waals surface area contributed by atoms with E-state index in [9.17, 15) is 19.8 Å². The molecule has 1 saturated carbocycles. The zero-order valence-corrected chi connectivity index (χ0v) is 9.87. The smallest absolute Gasteiger partial charge is 0.332 e. The summed E-state index contributed by atoms with van der Waals surface area (Å²) in [5.74, 6) is -3.91. The van der Waals surface area contributed by atoms with Gasteiger partial charge in [-0.15, -0.1) is 0 Å². The third-order valence-electron chi connectivity index (χ3n) is 2.74. The van der Waals surface area contributed by atoms with Crippen LogP contribution >= 0.6 is 0 Å². The molecule has 2 N–H and O–H groups in total. The molecule has 1 fully saturated rings. The molecule has 6 nitrogen and oxygen atoms in total. The van der Waals surface area contributed by atoms with Crippen LogP contribution in [-0.2, 0) is 19.1 Å². The molecule has 0 saturated heterocycles. The molecular weight excluding hydrogens is 240 g/mol. The summed E-state index contributed by atoms with van der Waals surface area (Å²) < 4.78 is 9.63. The summed E-state index contributed by atoms with van der Waals surface area (Å²) in [5, 5.41) is 19.9. The highest BCUT2D eigenvalue weighted by atomic mass is 16.7. The van der Waals surface area contributed by atoms with E-state index in [1.54, 1.807) is 0 Å². The van der Waals surface area contributed by atoms with E-state index in [0.717, 1.165) is 12.2 Å². The van der Waals surface area contributed by atoms with Crippen molar-refractivity contribution < 1.29 is 29.3 Å². The van der Waals surface area contributed by atoms with Crippen LogP contribution < -0.4 is 0 Å². The molecule has 1 rings (SSSR count). The molecule has 6 heteroatoms. The van der Waals surface area contributed by atoms with Crippen molar-refractivity contribution in [2.75, 3.05) is 0 Å². The van der Waals surface area contributed by atoms with Gasteiger partial charge >= 0.3 is 11.9 Å². The number of rotatable bonds is 4. The Hall–Kier alpha value is -1.66. The highest BCUT2D eigenvalue weighted by molar-refractivity contribution is 5.82. The van der Waals surface area contributed by atoms with Crippen LogP contribution in [0.2, 0.25) is 0 Å². The molecule has 1 aliphatic rings. The zero-order chi connectivity index (χ0) is 13.8. The predicted molar refractivity (Wildman–Crippen MR) is 61.2 cm³/mol. The fourth-order valence-corrected chi connectivity index (χ4v) is 1.79. The maximum Gasteiger partial charge on any atom is 0.332 e. The van der Waals surface area contributed by atoms with Gasteiger partial charge in [-0.3, -0.25) is 0 Å². The lowest BCUT2D eigenvalue weighted by Crippen LogP contribution is -2.58. The van der Waals surface area contributed by atoms with E-state index in [-0.39, 0.29) is 12.8 Å². The first-order chi connectivity index (χ1) is 8.43. The van der Waals surface area contributed by atoms with E-state index in [1.165, 1.54) is 0 Å². The SMILES string of the molecule is C=CC(=O)OC1CCCC(O)C1(O)OC(=O)C=C. The standard InChI is InChI=1S/C12H16O6/c1-3-10(14)17-9-7-5-6-8(13)12(9,16)18-11(15)4-2/h3-4,8-9,13,16H,1-2,5-7H2. The van der Waals surface area contributed by atoms with Gasteiger partial charge in [0, 0.05) is 12.2 Å². The van der Waals surface area contributed by atoms with Gasteiger partial charge in [0.15, 0.2) is 6.10 Å². The molecular formula is C12H16O6. The van der Waals surface area contributed by atoms with Crippen LogP contribution in [0.25, 0.3) is 0 Å². The van der Waals surface area contributed by atoms with Crippen LogP contribution in [0.1, 0.15) is 19.3 Å². The van der Waals surface area contributed by atoms with Crippen LogP contribution in [-0.4, -0.2) is 40.1 Å². The fourth-order valence-electron chi connectivity index (χ4n) is 1.79. The number of hydrogen-bond donors (Lipinski definition) is 2. The van der Waals surface area contributed by atoms with Crippen molar-refractivity contribution in [2.24, 2.45) is 0 Å². The fraction of sp³-hybridized carbons (Fsp3) is 0.500. The highest BCUT2D eigenvalue weighted by Gasteiger charge is 2.51. The number of ether oxygens (including phenoxy) is 2. The van der Waals surface area contributed by atoms with E-state index in [4.69, 9.17) is 9.47 Å². The van der Waals surface area contributed by atoms with Crippen LogP contribution in [0.5, 0.6) is 0 Å². The monoisotopic (exact) mass is 256 g/mol. The Bertz CT molecular complexity index is 364. The van der Waals surface area contributed by atoms with Crippen molar-refractivity contribution in [3.8, 4) is 0 Å². The average Bonchev–Trinajstić information content (AvgIpc) is 2.35. The quantitative estimate of drug-likeness (QED) is 0.419. The van der Waals surface area contributed by atoms with Crippen LogP contribution in [0, 0.1) is 0 Å². The topological polar surface area (TPSA) is 93.1 Å². The lowest BCUT2D eigenvalue weighted by atomic mass is 9.88.